The number of fused-ring (bicyclic) bond motifs is 3. The van der Waals surface area contributed by atoms with E-state index in [9.17, 15) is 14.0 Å². The van der Waals surface area contributed by atoms with Gasteiger partial charge in [-0.2, -0.15) is 0 Å². The summed E-state index contributed by atoms with van der Waals surface area (Å²) in [5.41, 5.74) is 0.981. The van der Waals surface area contributed by atoms with Crippen LogP contribution in [0.15, 0.2) is 41.2 Å². The summed E-state index contributed by atoms with van der Waals surface area (Å²) in [6.07, 6.45) is 1.40. The van der Waals surface area contributed by atoms with E-state index in [0.717, 1.165) is 12.8 Å². The molecule has 0 N–H and O–H groups in total. The Bertz CT molecular complexity index is 1140. The van der Waals surface area contributed by atoms with Crippen molar-refractivity contribution in [3.8, 4) is 5.75 Å². The SMILES string of the molecule is O=C1c2cc3nnn(Cc4cccc(F)c4)c(=O)c3cc2OC2CCCN12. The minimum atomic E-state index is -0.378. The third-order valence-electron chi connectivity index (χ3n) is 5.00. The molecular formula is C19H15FN4O3. The Labute approximate surface area is 153 Å². The van der Waals surface area contributed by atoms with E-state index in [0.29, 0.717) is 34.3 Å². The average molecular weight is 366 g/mol. The summed E-state index contributed by atoms with van der Waals surface area (Å²) in [6, 6.07) is 9.10. The lowest BCUT2D eigenvalue weighted by molar-refractivity contribution is 0.0295. The Morgan fingerprint density at radius 1 is 1.22 bits per heavy atom. The second-order valence-electron chi connectivity index (χ2n) is 6.76. The van der Waals surface area contributed by atoms with Gasteiger partial charge in [-0.25, -0.2) is 9.07 Å². The van der Waals surface area contributed by atoms with Crippen LogP contribution in [-0.4, -0.2) is 38.6 Å². The normalized spacial score (nSPS) is 18.3. The van der Waals surface area contributed by atoms with Gasteiger partial charge in [0.05, 0.1) is 17.5 Å². The Balaban J connectivity index is 1.59. The zero-order valence-electron chi connectivity index (χ0n) is 14.3. The van der Waals surface area contributed by atoms with Gasteiger partial charge in [0.25, 0.3) is 11.5 Å². The van der Waals surface area contributed by atoms with Crippen LogP contribution in [0.2, 0.25) is 0 Å². The fourth-order valence-electron chi connectivity index (χ4n) is 3.67. The Kier molecular flexibility index (Phi) is 3.46. The molecule has 1 aromatic heterocycles. The van der Waals surface area contributed by atoms with Gasteiger partial charge in [0.1, 0.15) is 17.1 Å². The predicted octanol–water partition coefficient (Wildman–Crippen LogP) is 1.93. The number of rotatable bonds is 2. The van der Waals surface area contributed by atoms with Crippen molar-refractivity contribution < 1.29 is 13.9 Å². The first-order valence-corrected chi connectivity index (χ1v) is 8.74. The minimum absolute atomic E-state index is 0.104. The van der Waals surface area contributed by atoms with Gasteiger partial charge in [0.2, 0.25) is 0 Å². The molecule has 3 heterocycles. The number of carbonyl (C=O) groups is 1. The summed E-state index contributed by atoms with van der Waals surface area (Å²) in [7, 11) is 0. The van der Waals surface area contributed by atoms with Crippen molar-refractivity contribution in [2.75, 3.05) is 6.54 Å². The number of carbonyl (C=O) groups excluding carboxylic acids is 1. The van der Waals surface area contributed by atoms with Gasteiger partial charge < -0.3 is 9.64 Å². The Morgan fingerprint density at radius 3 is 2.96 bits per heavy atom. The molecule has 1 atom stereocenters. The monoisotopic (exact) mass is 366 g/mol. The lowest BCUT2D eigenvalue weighted by atomic mass is 10.1. The predicted molar refractivity (Wildman–Crippen MR) is 94.0 cm³/mol. The van der Waals surface area contributed by atoms with Crippen LogP contribution >= 0.6 is 0 Å². The maximum atomic E-state index is 13.4. The number of amides is 1. The van der Waals surface area contributed by atoms with E-state index in [1.54, 1.807) is 29.2 Å². The highest BCUT2D eigenvalue weighted by Gasteiger charge is 2.37. The molecule has 0 spiro atoms. The molecule has 7 nitrogen and oxygen atoms in total. The summed E-state index contributed by atoms with van der Waals surface area (Å²) in [4.78, 5) is 27.2. The number of hydrogen-bond donors (Lipinski definition) is 0. The van der Waals surface area contributed by atoms with Crippen LogP contribution in [0.5, 0.6) is 5.75 Å². The fourth-order valence-corrected chi connectivity index (χ4v) is 3.67. The first kappa shape index (κ1) is 15.9. The zero-order chi connectivity index (χ0) is 18.5. The maximum Gasteiger partial charge on any atom is 0.278 e. The first-order chi connectivity index (χ1) is 13.1. The van der Waals surface area contributed by atoms with E-state index in [1.165, 1.54) is 16.8 Å². The third-order valence-corrected chi connectivity index (χ3v) is 5.00. The van der Waals surface area contributed by atoms with Crippen LogP contribution in [0.3, 0.4) is 0 Å². The smallest absolute Gasteiger partial charge is 0.278 e. The van der Waals surface area contributed by atoms with Crippen molar-refractivity contribution in [1.29, 1.82) is 0 Å². The van der Waals surface area contributed by atoms with E-state index in [1.807, 2.05) is 0 Å². The highest BCUT2D eigenvalue weighted by atomic mass is 19.1. The van der Waals surface area contributed by atoms with Crippen molar-refractivity contribution in [2.45, 2.75) is 25.6 Å². The molecule has 2 aliphatic heterocycles. The van der Waals surface area contributed by atoms with E-state index >= 15 is 0 Å². The second kappa shape index (κ2) is 5.87. The van der Waals surface area contributed by atoms with E-state index in [2.05, 4.69) is 10.3 Å². The molecule has 1 saturated heterocycles. The number of halogens is 1. The molecule has 3 aromatic rings. The largest absolute Gasteiger partial charge is 0.470 e. The number of aromatic nitrogens is 3. The number of benzene rings is 2. The lowest BCUT2D eigenvalue weighted by Gasteiger charge is -2.31. The van der Waals surface area contributed by atoms with Crippen LogP contribution in [0.25, 0.3) is 10.9 Å². The van der Waals surface area contributed by atoms with Crippen molar-refractivity contribution in [3.05, 3.63) is 63.7 Å². The minimum Gasteiger partial charge on any atom is -0.470 e. The highest BCUT2D eigenvalue weighted by Crippen LogP contribution is 2.34. The molecule has 8 heteroatoms. The molecule has 0 aliphatic carbocycles. The molecule has 2 aromatic carbocycles. The third kappa shape index (κ3) is 2.56. The van der Waals surface area contributed by atoms with E-state index < -0.39 is 0 Å². The molecule has 1 fully saturated rings. The van der Waals surface area contributed by atoms with Crippen molar-refractivity contribution >= 4 is 16.8 Å². The van der Waals surface area contributed by atoms with Crippen molar-refractivity contribution in [2.24, 2.45) is 0 Å². The van der Waals surface area contributed by atoms with Gasteiger partial charge in [-0.05, 0) is 36.2 Å². The van der Waals surface area contributed by atoms with Crippen molar-refractivity contribution in [1.82, 2.24) is 19.9 Å². The molecule has 2 aliphatic rings. The van der Waals surface area contributed by atoms with Gasteiger partial charge in [0.15, 0.2) is 6.23 Å². The summed E-state index contributed by atoms with van der Waals surface area (Å²) in [5.74, 6) is -0.0826. The molecular weight excluding hydrogens is 351 g/mol. The van der Waals surface area contributed by atoms with Gasteiger partial charge in [0, 0.05) is 13.0 Å². The standard InChI is InChI=1S/C19H15FN4O3/c20-12-4-1-3-11(7-12)10-24-19(26)13-9-16-14(8-15(13)21-22-24)18(25)23-6-2-5-17(23)27-16/h1,3-4,7-9,17H,2,5-6,10H2. The Hall–Kier alpha value is -3.29. The quantitative estimate of drug-likeness (QED) is 0.693. The van der Waals surface area contributed by atoms with Crippen LogP contribution in [0.4, 0.5) is 4.39 Å². The average Bonchev–Trinajstić information content (AvgIpc) is 3.12. The summed E-state index contributed by atoms with van der Waals surface area (Å²) >= 11 is 0. The molecule has 27 heavy (non-hydrogen) atoms. The molecule has 5 rings (SSSR count). The highest BCUT2D eigenvalue weighted by molar-refractivity contribution is 6.01. The first-order valence-electron chi connectivity index (χ1n) is 8.74. The van der Waals surface area contributed by atoms with Crippen LogP contribution in [-0.2, 0) is 6.54 Å². The second-order valence-corrected chi connectivity index (χ2v) is 6.76. The summed E-state index contributed by atoms with van der Waals surface area (Å²) in [6.45, 7) is 0.773. The zero-order valence-corrected chi connectivity index (χ0v) is 14.3. The van der Waals surface area contributed by atoms with Gasteiger partial charge >= 0.3 is 0 Å². The van der Waals surface area contributed by atoms with Gasteiger partial charge in [-0.15, -0.1) is 5.10 Å². The number of hydrogen-bond acceptors (Lipinski definition) is 5. The van der Waals surface area contributed by atoms with Crippen molar-refractivity contribution in [3.63, 3.8) is 0 Å². The van der Waals surface area contributed by atoms with Crippen LogP contribution in [0.1, 0.15) is 28.8 Å². The molecule has 0 radical (unpaired) electrons. The molecule has 0 saturated carbocycles. The summed E-state index contributed by atoms with van der Waals surface area (Å²) in [5, 5.41) is 8.34. The van der Waals surface area contributed by atoms with Crippen LogP contribution in [0, 0.1) is 5.82 Å². The molecule has 0 bridgehead atoms. The maximum absolute atomic E-state index is 13.4. The topological polar surface area (TPSA) is 77.3 Å². The van der Waals surface area contributed by atoms with E-state index in [4.69, 9.17) is 4.74 Å². The fraction of sp³-hybridized carbons (Fsp3) is 0.263. The lowest BCUT2D eigenvalue weighted by Crippen LogP contribution is -2.43. The number of nitrogens with zero attached hydrogens (tertiary/aromatic N) is 4. The van der Waals surface area contributed by atoms with Gasteiger partial charge in [-0.1, -0.05) is 17.3 Å². The number of ether oxygens (including phenoxy) is 1. The Morgan fingerprint density at radius 2 is 2.11 bits per heavy atom. The van der Waals surface area contributed by atoms with Crippen LogP contribution < -0.4 is 10.3 Å². The molecule has 1 amide bonds. The van der Waals surface area contributed by atoms with Gasteiger partial charge in [-0.3, -0.25) is 9.59 Å². The van der Waals surface area contributed by atoms with E-state index in [-0.39, 0.29) is 30.1 Å². The molecule has 136 valence electrons. The molecule has 1 unspecified atom stereocenters. The summed E-state index contributed by atoms with van der Waals surface area (Å²) < 4.78 is 20.5.